The van der Waals surface area contributed by atoms with Crippen LogP contribution < -0.4 is 0 Å². The lowest BCUT2D eigenvalue weighted by atomic mass is 9.81. The monoisotopic (exact) mass is 308 g/mol. The summed E-state index contributed by atoms with van der Waals surface area (Å²) in [5, 5.41) is 0. The smallest absolute Gasteiger partial charge is 0.0270 e. The Labute approximate surface area is 127 Å². The molecule has 0 radical (unpaired) electrons. The fourth-order valence-corrected chi connectivity index (χ4v) is 6.22. The average molecular weight is 309 g/mol. The Kier molecular flexibility index (Phi) is 2.84. The Morgan fingerprint density at radius 1 is 0.833 bits per heavy atom. The van der Waals surface area contributed by atoms with Crippen LogP contribution in [0.5, 0.6) is 0 Å². The zero-order valence-electron chi connectivity index (χ0n) is 9.59. The van der Waals surface area contributed by atoms with Crippen molar-refractivity contribution < 1.29 is 0 Å². The normalized spacial score (nSPS) is 28.3. The quantitative estimate of drug-likeness (QED) is 0.495. The van der Waals surface area contributed by atoms with E-state index in [1.165, 1.54) is 22.6 Å². The maximum absolute atomic E-state index is 4.48. The van der Waals surface area contributed by atoms with E-state index in [0.29, 0.717) is 11.8 Å². The lowest BCUT2D eigenvalue weighted by molar-refractivity contribution is 0.516. The molecule has 1 aromatic carbocycles. The van der Waals surface area contributed by atoms with Crippen molar-refractivity contribution in [3.8, 4) is 0 Å². The maximum atomic E-state index is 4.48. The topological polar surface area (TPSA) is 0 Å². The second-order valence-electron chi connectivity index (χ2n) is 4.90. The number of fused-ring (bicyclic) bond motifs is 2. The first-order valence-corrected chi connectivity index (χ1v) is 8.59. The Morgan fingerprint density at radius 3 is 1.67 bits per heavy atom. The van der Waals surface area contributed by atoms with E-state index in [4.69, 9.17) is 0 Å². The second-order valence-corrected chi connectivity index (χ2v) is 8.03. The molecule has 1 aliphatic heterocycles. The van der Waals surface area contributed by atoms with E-state index in [2.05, 4.69) is 49.5 Å². The summed E-state index contributed by atoms with van der Waals surface area (Å²) < 4.78 is 0. The van der Waals surface area contributed by atoms with Gasteiger partial charge in [0, 0.05) is 41.2 Å². The fraction of sp³-hybridized carbons (Fsp3) is 0.286. The van der Waals surface area contributed by atoms with Crippen LogP contribution in [0, 0.1) is 11.8 Å². The van der Waals surface area contributed by atoms with Crippen molar-refractivity contribution in [2.45, 2.75) is 32.4 Å². The van der Waals surface area contributed by atoms with E-state index in [1.54, 1.807) is 9.81 Å². The van der Waals surface area contributed by atoms with Crippen LogP contribution in [0.25, 0.3) is 0 Å². The van der Waals surface area contributed by atoms with Crippen LogP contribution in [0.4, 0.5) is 0 Å². The molecule has 2 atom stereocenters. The lowest BCUT2D eigenvalue weighted by Gasteiger charge is -2.38. The van der Waals surface area contributed by atoms with Gasteiger partial charge in [-0.25, -0.2) is 0 Å². The third-order valence-electron chi connectivity index (χ3n) is 3.76. The fourth-order valence-electron chi connectivity index (χ4n) is 2.81. The van der Waals surface area contributed by atoms with E-state index >= 15 is 0 Å². The Hall–Kier alpha value is 0.1000. The maximum Gasteiger partial charge on any atom is 0.0270 e. The van der Waals surface area contributed by atoms with Crippen molar-refractivity contribution in [1.29, 1.82) is 0 Å². The molecule has 18 heavy (non-hydrogen) atoms. The highest BCUT2D eigenvalue weighted by atomic mass is 32.2. The molecular formula is C14H12S4. The molecule has 4 aliphatic rings. The van der Waals surface area contributed by atoms with Gasteiger partial charge in [0.25, 0.3) is 0 Å². The van der Waals surface area contributed by atoms with Crippen LogP contribution >= 0.6 is 48.8 Å². The predicted molar refractivity (Wildman–Crippen MR) is 85.0 cm³/mol. The van der Waals surface area contributed by atoms with Crippen LogP contribution in [0.15, 0.2) is 53.7 Å². The van der Waals surface area contributed by atoms with Crippen LogP contribution in [0.2, 0.25) is 0 Å². The number of thioether (sulfide) groups is 2. The Bertz CT molecular complexity index is 549. The highest BCUT2D eigenvalue weighted by Crippen LogP contribution is 2.58. The summed E-state index contributed by atoms with van der Waals surface area (Å²) >= 11 is 12.9. The largest absolute Gasteiger partial charge is 0.142 e. The number of thiol groups is 2. The van der Waals surface area contributed by atoms with E-state index in [0.717, 1.165) is 9.79 Å². The molecule has 0 saturated carbocycles. The lowest BCUT2D eigenvalue weighted by Crippen LogP contribution is -2.20. The summed E-state index contributed by atoms with van der Waals surface area (Å²) in [4.78, 5) is 7.83. The van der Waals surface area contributed by atoms with E-state index in [9.17, 15) is 0 Å². The molecule has 0 nitrogen and oxygen atoms in total. The molecule has 1 aromatic rings. The van der Waals surface area contributed by atoms with Crippen LogP contribution in [0.3, 0.4) is 0 Å². The molecule has 0 amide bonds. The molecule has 92 valence electrons. The third-order valence-corrected chi connectivity index (χ3v) is 7.54. The second kappa shape index (κ2) is 4.30. The highest BCUT2D eigenvalue weighted by molar-refractivity contribution is 8.09. The van der Waals surface area contributed by atoms with Gasteiger partial charge < -0.3 is 0 Å². The summed E-state index contributed by atoms with van der Waals surface area (Å²) in [7, 11) is 0. The first-order valence-electron chi connectivity index (χ1n) is 6.06. The average Bonchev–Trinajstić information content (AvgIpc) is 2.39. The zero-order chi connectivity index (χ0) is 12.3. The molecule has 4 heteroatoms. The first kappa shape index (κ1) is 11.9. The minimum atomic E-state index is 0.662. The molecule has 0 spiro atoms. The zero-order valence-corrected chi connectivity index (χ0v) is 13.0. The minimum absolute atomic E-state index is 0.662. The van der Waals surface area contributed by atoms with Gasteiger partial charge in [-0.2, -0.15) is 0 Å². The van der Waals surface area contributed by atoms with Gasteiger partial charge >= 0.3 is 0 Å². The molecule has 0 saturated heterocycles. The van der Waals surface area contributed by atoms with Gasteiger partial charge in [0.1, 0.15) is 0 Å². The molecule has 2 bridgehead atoms. The van der Waals surface area contributed by atoms with Gasteiger partial charge in [-0.3, -0.25) is 0 Å². The van der Waals surface area contributed by atoms with Gasteiger partial charge in [-0.15, -0.1) is 25.3 Å². The van der Waals surface area contributed by atoms with Crippen molar-refractivity contribution in [3.05, 3.63) is 34.1 Å². The van der Waals surface area contributed by atoms with Crippen molar-refractivity contribution in [2.24, 2.45) is 11.8 Å². The van der Waals surface area contributed by atoms with Crippen LogP contribution in [0.1, 0.15) is 12.8 Å². The van der Waals surface area contributed by atoms with Crippen LogP contribution in [-0.2, 0) is 0 Å². The molecule has 5 rings (SSSR count). The third kappa shape index (κ3) is 1.73. The standard InChI is InChI=1S/C14H12S4/c15-9-5-11-12(6-10(9)16)18-14-8-2-1-7(3-4-8)13(14)17-11/h1-2,5-8,15-16H,3-4H2. The van der Waals surface area contributed by atoms with Crippen LogP contribution in [-0.4, -0.2) is 0 Å². The number of hydrogen-bond acceptors (Lipinski definition) is 4. The molecule has 0 fully saturated rings. The van der Waals surface area contributed by atoms with E-state index in [1.807, 2.05) is 23.5 Å². The first-order chi connectivity index (χ1) is 8.72. The van der Waals surface area contributed by atoms with Gasteiger partial charge in [-0.05, 0) is 25.0 Å². The number of allylic oxidation sites excluding steroid dienone is 4. The summed E-state index contributed by atoms with van der Waals surface area (Å²) in [6.07, 6.45) is 7.45. The van der Waals surface area contributed by atoms with E-state index < -0.39 is 0 Å². The van der Waals surface area contributed by atoms with Gasteiger partial charge in [0.05, 0.1) is 0 Å². The molecule has 0 N–H and O–H groups in total. The summed E-state index contributed by atoms with van der Waals surface area (Å²) in [5.74, 6) is 1.32. The summed E-state index contributed by atoms with van der Waals surface area (Å²) in [5.41, 5.74) is 0. The number of benzene rings is 1. The number of hydrogen-bond donors (Lipinski definition) is 2. The van der Waals surface area contributed by atoms with Gasteiger partial charge in [0.2, 0.25) is 0 Å². The van der Waals surface area contributed by atoms with E-state index in [-0.39, 0.29) is 0 Å². The Morgan fingerprint density at radius 2 is 1.28 bits per heavy atom. The van der Waals surface area contributed by atoms with Crippen molar-refractivity contribution in [1.82, 2.24) is 0 Å². The molecular weight excluding hydrogens is 296 g/mol. The highest BCUT2D eigenvalue weighted by Gasteiger charge is 2.35. The molecule has 2 unspecified atom stereocenters. The minimum Gasteiger partial charge on any atom is -0.142 e. The summed E-state index contributed by atoms with van der Waals surface area (Å²) in [6.45, 7) is 0. The molecule has 1 heterocycles. The number of rotatable bonds is 0. The SMILES string of the molecule is Sc1cc2c(cc1S)SC1=C(S2)C2C=CC1CC2. The van der Waals surface area contributed by atoms with Crippen molar-refractivity contribution in [3.63, 3.8) is 0 Å². The van der Waals surface area contributed by atoms with Crippen molar-refractivity contribution in [2.75, 3.05) is 0 Å². The van der Waals surface area contributed by atoms with Gasteiger partial charge in [-0.1, -0.05) is 35.7 Å². The molecule has 3 aliphatic carbocycles. The summed E-state index contributed by atoms with van der Waals surface area (Å²) in [6, 6.07) is 4.32. The predicted octanol–water partition coefficient (Wildman–Crippen LogP) is 5.27. The Balaban J connectivity index is 1.81. The van der Waals surface area contributed by atoms with Gasteiger partial charge in [0.15, 0.2) is 0 Å². The van der Waals surface area contributed by atoms with Crippen molar-refractivity contribution >= 4 is 48.8 Å². The molecule has 0 aromatic heterocycles.